The predicted molar refractivity (Wildman–Crippen MR) is 23.9 cm³/mol. The molecule has 4 heteroatoms. The van der Waals surface area contributed by atoms with Gasteiger partial charge in [0, 0.05) is 12.8 Å². The minimum atomic E-state index is -0.970. The summed E-state index contributed by atoms with van der Waals surface area (Å²) in [6.07, 6.45) is -0.380. The van der Waals surface area contributed by atoms with E-state index in [-0.39, 0.29) is 6.42 Å². The predicted octanol–water partition coefficient (Wildman–Crippen LogP) is -0.684. The van der Waals surface area contributed by atoms with Crippen LogP contribution in [0.4, 0.5) is 0 Å². The smallest absolute Gasteiger partial charge is 0.248 e. The first kappa shape index (κ1) is 5.53. The van der Waals surface area contributed by atoms with Crippen molar-refractivity contribution in [3.05, 3.63) is 0 Å². The molecule has 1 amide bonds. The lowest BCUT2D eigenvalue weighted by atomic mass is 10.4. The fourth-order valence-electron chi connectivity index (χ4n) is 0.656. The maximum absolute atomic E-state index is 10.3. The standard InChI is InChI=1S/C4H7NO3/c6-3-1-2-4(7)5(3)8/h3,6,8H,1-2H2/t3-/m1/s1. The topological polar surface area (TPSA) is 60.8 Å². The van der Waals surface area contributed by atoms with Crippen LogP contribution in [0.2, 0.25) is 0 Å². The molecule has 0 bridgehead atoms. The largest absolute Gasteiger partial charge is 0.371 e. The highest BCUT2D eigenvalue weighted by Crippen LogP contribution is 2.12. The second kappa shape index (κ2) is 1.72. The van der Waals surface area contributed by atoms with Crippen LogP contribution in [0.25, 0.3) is 0 Å². The van der Waals surface area contributed by atoms with Gasteiger partial charge in [0.05, 0.1) is 0 Å². The van der Waals surface area contributed by atoms with E-state index in [1.807, 2.05) is 0 Å². The van der Waals surface area contributed by atoms with Crippen LogP contribution in [-0.4, -0.2) is 27.5 Å². The minimum absolute atomic E-state index is 0.248. The van der Waals surface area contributed by atoms with Crippen LogP contribution in [-0.2, 0) is 4.79 Å². The maximum Gasteiger partial charge on any atom is 0.248 e. The molecular weight excluding hydrogens is 110 g/mol. The van der Waals surface area contributed by atoms with Crippen molar-refractivity contribution >= 4 is 5.91 Å². The number of amides is 1. The third-order valence-corrected chi connectivity index (χ3v) is 1.15. The minimum Gasteiger partial charge on any atom is -0.371 e. The number of hydrogen-bond donors (Lipinski definition) is 2. The number of hydrogen-bond acceptors (Lipinski definition) is 3. The quantitative estimate of drug-likeness (QED) is 0.413. The van der Waals surface area contributed by atoms with Gasteiger partial charge in [-0.3, -0.25) is 10.0 Å². The fraction of sp³-hybridized carbons (Fsp3) is 0.750. The molecule has 1 saturated heterocycles. The van der Waals surface area contributed by atoms with Gasteiger partial charge in [-0.05, 0) is 0 Å². The van der Waals surface area contributed by atoms with Gasteiger partial charge < -0.3 is 5.11 Å². The van der Waals surface area contributed by atoms with Gasteiger partial charge in [-0.2, -0.15) is 5.06 Å². The zero-order valence-corrected chi connectivity index (χ0v) is 4.24. The molecule has 0 aliphatic carbocycles. The Bertz CT molecular complexity index is 114. The molecule has 0 aromatic heterocycles. The van der Waals surface area contributed by atoms with E-state index in [1.54, 1.807) is 0 Å². The summed E-state index contributed by atoms with van der Waals surface area (Å²) in [5.41, 5.74) is 0. The summed E-state index contributed by atoms with van der Waals surface area (Å²) in [7, 11) is 0. The summed E-state index contributed by atoms with van der Waals surface area (Å²) < 4.78 is 0. The fourth-order valence-corrected chi connectivity index (χ4v) is 0.656. The van der Waals surface area contributed by atoms with Crippen LogP contribution in [0.5, 0.6) is 0 Å². The molecule has 1 fully saturated rings. The lowest BCUT2D eigenvalue weighted by Crippen LogP contribution is -2.28. The van der Waals surface area contributed by atoms with Gasteiger partial charge in [0.25, 0.3) is 0 Å². The molecule has 4 nitrogen and oxygen atoms in total. The average Bonchev–Trinajstić information content (AvgIpc) is 1.98. The molecule has 1 rings (SSSR count). The number of aliphatic hydroxyl groups excluding tert-OH is 1. The molecule has 0 aromatic carbocycles. The lowest BCUT2D eigenvalue weighted by Gasteiger charge is -2.09. The Morgan fingerprint density at radius 1 is 1.75 bits per heavy atom. The van der Waals surface area contributed by atoms with Gasteiger partial charge in [-0.1, -0.05) is 0 Å². The second-order valence-corrected chi connectivity index (χ2v) is 1.76. The van der Waals surface area contributed by atoms with E-state index in [0.29, 0.717) is 11.5 Å². The normalized spacial score (nSPS) is 29.5. The summed E-state index contributed by atoms with van der Waals surface area (Å²) in [5, 5.41) is 17.5. The van der Waals surface area contributed by atoms with Crippen LogP contribution in [0, 0.1) is 0 Å². The number of hydroxylamine groups is 2. The van der Waals surface area contributed by atoms with E-state index in [0.717, 1.165) is 0 Å². The number of rotatable bonds is 0. The summed E-state index contributed by atoms with van der Waals surface area (Å²) in [6, 6.07) is 0. The van der Waals surface area contributed by atoms with Crippen molar-refractivity contribution < 1.29 is 15.1 Å². The van der Waals surface area contributed by atoms with Gasteiger partial charge >= 0.3 is 0 Å². The Morgan fingerprint density at radius 3 is 2.50 bits per heavy atom. The number of nitrogens with zero attached hydrogens (tertiary/aromatic N) is 1. The third kappa shape index (κ3) is 0.677. The van der Waals surface area contributed by atoms with E-state index in [2.05, 4.69) is 0 Å². The molecule has 46 valence electrons. The highest BCUT2D eigenvalue weighted by molar-refractivity contribution is 5.76. The van der Waals surface area contributed by atoms with E-state index in [4.69, 9.17) is 10.3 Å². The number of carbonyl (C=O) groups excluding carboxylic acids is 1. The van der Waals surface area contributed by atoms with Crippen LogP contribution in [0.15, 0.2) is 0 Å². The van der Waals surface area contributed by atoms with E-state index in [1.165, 1.54) is 0 Å². The van der Waals surface area contributed by atoms with Crippen molar-refractivity contribution in [2.45, 2.75) is 19.1 Å². The van der Waals surface area contributed by atoms with Crippen molar-refractivity contribution in [2.24, 2.45) is 0 Å². The molecule has 0 aromatic rings. The molecule has 1 aliphatic heterocycles. The van der Waals surface area contributed by atoms with Crippen LogP contribution < -0.4 is 0 Å². The monoisotopic (exact) mass is 117 g/mol. The Kier molecular flexibility index (Phi) is 1.19. The van der Waals surface area contributed by atoms with Crippen molar-refractivity contribution in [1.82, 2.24) is 5.06 Å². The maximum atomic E-state index is 10.3. The molecule has 1 heterocycles. The van der Waals surface area contributed by atoms with Crippen molar-refractivity contribution in [3.8, 4) is 0 Å². The summed E-state index contributed by atoms with van der Waals surface area (Å²) >= 11 is 0. The molecule has 2 N–H and O–H groups in total. The Hall–Kier alpha value is -0.610. The Morgan fingerprint density at radius 2 is 2.38 bits per heavy atom. The highest BCUT2D eigenvalue weighted by Gasteiger charge is 2.27. The van der Waals surface area contributed by atoms with Crippen LogP contribution in [0.3, 0.4) is 0 Å². The first-order valence-corrected chi connectivity index (χ1v) is 2.41. The number of carbonyl (C=O) groups is 1. The average molecular weight is 117 g/mol. The zero-order valence-electron chi connectivity index (χ0n) is 4.24. The van der Waals surface area contributed by atoms with Gasteiger partial charge in [-0.25, -0.2) is 0 Å². The number of aliphatic hydroxyl groups is 1. The van der Waals surface area contributed by atoms with Crippen LogP contribution in [0.1, 0.15) is 12.8 Å². The van der Waals surface area contributed by atoms with E-state index >= 15 is 0 Å². The lowest BCUT2D eigenvalue weighted by molar-refractivity contribution is -0.189. The highest BCUT2D eigenvalue weighted by atomic mass is 16.5. The molecule has 0 unspecified atom stereocenters. The van der Waals surface area contributed by atoms with Crippen molar-refractivity contribution in [2.75, 3.05) is 0 Å². The Balaban J connectivity index is 2.56. The molecule has 0 radical (unpaired) electrons. The summed E-state index contributed by atoms with van der Waals surface area (Å²) in [5.74, 6) is -0.405. The third-order valence-electron chi connectivity index (χ3n) is 1.15. The second-order valence-electron chi connectivity index (χ2n) is 1.76. The molecule has 8 heavy (non-hydrogen) atoms. The zero-order chi connectivity index (χ0) is 6.15. The van der Waals surface area contributed by atoms with E-state index in [9.17, 15) is 4.79 Å². The van der Waals surface area contributed by atoms with Gasteiger partial charge in [-0.15, -0.1) is 0 Å². The SMILES string of the molecule is O=C1CC[C@@H](O)N1O. The van der Waals surface area contributed by atoms with Crippen molar-refractivity contribution in [1.29, 1.82) is 0 Å². The molecule has 0 spiro atoms. The first-order valence-electron chi connectivity index (χ1n) is 2.41. The van der Waals surface area contributed by atoms with Crippen LogP contribution >= 0.6 is 0 Å². The van der Waals surface area contributed by atoms with Gasteiger partial charge in [0.15, 0.2) is 6.23 Å². The van der Waals surface area contributed by atoms with E-state index < -0.39 is 12.1 Å². The summed E-state index contributed by atoms with van der Waals surface area (Å²) in [4.78, 5) is 10.3. The van der Waals surface area contributed by atoms with Gasteiger partial charge in [0.2, 0.25) is 5.91 Å². The summed E-state index contributed by atoms with van der Waals surface area (Å²) in [6.45, 7) is 0. The first-order chi connectivity index (χ1) is 3.72. The van der Waals surface area contributed by atoms with Crippen molar-refractivity contribution in [3.63, 3.8) is 0 Å². The Labute approximate surface area is 46.3 Å². The van der Waals surface area contributed by atoms with Gasteiger partial charge in [0.1, 0.15) is 0 Å². The molecule has 0 saturated carbocycles. The molecule has 1 atom stereocenters. The molecular formula is C4H7NO3. The molecule has 1 aliphatic rings.